The van der Waals surface area contributed by atoms with Gasteiger partial charge in [-0.25, -0.2) is 0 Å². The molecule has 1 amide bonds. The molecule has 1 N–H and O–H groups in total. The molecule has 0 radical (unpaired) electrons. The third kappa shape index (κ3) is 4.88. The van der Waals surface area contributed by atoms with E-state index in [-0.39, 0.29) is 11.5 Å². The van der Waals surface area contributed by atoms with Crippen LogP contribution in [-0.2, 0) is 4.79 Å². The number of unbranched alkanes of at least 4 members (excludes halogenated alkanes) is 3. The molecule has 96 valence electrons. The highest BCUT2D eigenvalue weighted by atomic mass is 16.3. The van der Waals surface area contributed by atoms with Crippen molar-refractivity contribution in [2.45, 2.75) is 32.6 Å². The van der Waals surface area contributed by atoms with Gasteiger partial charge in [0.2, 0.25) is 0 Å². The number of nitrogens with one attached hydrogen (secondary N) is 1. The van der Waals surface area contributed by atoms with Gasteiger partial charge in [0.15, 0.2) is 0 Å². The maximum Gasteiger partial charge on any atom is 0.262 e. The van der Waals surface area contributed by atoms with Crippen LogP contribution in [0.25, 0.3) is 6.08 Å². The third-order valence-corrected chi connectivity index (χ3v) is 2.51. The summed E-state index contributed by atoms with van der Waals surface area (Å²) in [5.74, 6) is 0.165. The van der Waals surface area contributed by atoms with Gasteiger partial charge < -0.3 is 9.73 Å². The van der Waals surface area contributed by atoms with Crippen LogP contribution in [-0.4, -0.2) is 12.5 Å². The molecule has 0 bridgehead atoms. The number of hydrogen-bond acceptors (Lipinski definition) is 3. The monoisotopic (exact) mass is 246 g/mol. The summed E-state index contributed by atoms with van der Waals surface area (Å²) in [6.07, 6.45) is 7.32. The molecule has 18 heavy (non-hydrogen) atoms. The van der Waals surface area contributed by atoms with Crippen LogP contribution < -0.4 is 5.32 Å². The van der Waals surface area contributed by atoms with Crippen LogP contribution in [0.4, 0.5) is 0 Å². The molecule has 0 aliphatic heterocycles. The Kier molecular flexibility index (Phi) is 6.34. The number of amides is 1. The molecular formula is C14H18N2O2. The van der Waals surface area contributed by atoms with Gasteiger partial charge in [0.25, 0.3) is 5.91 Å². The summed E-state index contributed by atoms with van der Waals surface area (Å²) in [5, 5.41) is 11.6. The first kappa shape index (κ1) is 14.0. The molecule has 1 heterocycles. The topological polar surface area (TPSA) is 66.0 Å². The number of rotatable bonds is 7. The summed E-state index contributed by atoms with van der Waals surface area (Å²) in [7, 11) is 0. The van der Waals surface area contributed by atoms with Crippen molar-refractivity contribution >= 4 is 12.0 Å². The van der Waals surface area contributed by atoms with Crippen LogP contribution >= 0.6 is 0 Å². The first-order valence-corrected chi connectivity index (χ1v) is 6.21. The average molecular weight is 246 g/mol. The molecule has 0 saturated heterocycles. The highest BCUT2D eigenvalue weighted by molar-refractivity contribution is 6.01. The average Bonchev–Trinajstić information content (AvgIpc) is 2.88. The molecule has 0 atom stereocenters. The molecule has 1 aromatic rings. The maximum absolute atomic E-state index is 11.7. The second-order valence-electron chi connectivity index (χ2n) is 4.00. The molecule has 4 heteroatoms. The van der Waals surface area contributed by atoms with Crippen molar-refractivity contribution in [3.8, 4) is 6.07 Å². The zero-order chi connectivity index (χ0) is 13.2. The predicted octanol–water partition coefficient (Wildman–Crippen LogP) is 2.88. The number of furan rings is 1. The van der Waals surface area contributed by atoms with Crippen LogP contribution in [0, 0.1) is 11.3 Å². The summed E-state index contributed by atoms with van der Waals surface area (Å²) in [5.41, 5.74) is 0.0699. The summed E-state index contributed by atoms with van der Waals surface area (Å²) in [6.45, 7) is 2.74. The molecule has 0 aromatic carbocycles. The van der Waals surface area contributed by atoms with Gasteiger partial charge in [-0.15, -0.1) is 0 Å². The van der Waals surface area contributed by atoms with Crippen LogP contribution in [0.2, 0.25) is 0 Å². The Morgan fingerprint density at radius 3 is 2.94 bits per heavy atom. The third-order valence-electron chi connectivity index (χ3n) is 2.51. The minimum atomic E-state index is -0.342. The van der Waals surface area contributed by atoms with E-state index in [2.05, 4.69) is 12.2 Å². The van der Waals surface area contributed by atoms with E-state index in [9.17, 15) is 4.79 Å². The smallest absolute Gasteiger partial charge is 0.262 e. The Hall–Kier alpha value is -2.02. The SMILES string of the molecule is CCCCCCNC(=O)/C(C#N)=C/c1ccco1. The lowest BCUT2D eigenvalue weighted by Crippen LogP contribution is -2.25. The van der Waals surface area contributed by atoms with E-state index in [1.807, 2.05) is 6.07 Å². The Labute approximate surface area is 107 Å². The van der Waals surface area contributed by atoms with Gasteiger partial charge in [0, 0.05) is 12.6 Å². The number of carbonyl (C=O) groups excluding carboxylic acids is 1. The molecule has 1 aromatic heterocycles. The van der Waals surface area contributed by atoms with Crippen LogP contribution in [0.5, 0.6) is 0 Å². The molecule has 1 rings (SSSR count). The van der Waals surface area contributed by atoms with Crippen molar-refractivity contribution in [2.24, 2.45) is 0 Å². The highest BCUT2D eigenvalue weighted by Crippen LogP contribution is 2.07. The van der Waals surface area contributed by atoms with Crippen LogP contribution in [0.1, 0.15) is 38.4 Å². The quantitative estimate of drug-likeness (QED) is 0.457. The highest BCUT2D eigenvalue weighted by Gasteiger charge is 2.08. The minimum Gasteiger partial charge on any atom is -0.465 e. The second kappa shape index (κ2) is 8.13. The van der Waals surface area contributed by atoms with Crippen molar-refractivity contribution in [1.29, 1.82) is 5.26 Å². The zero-order valence-electron chi connectivity index (χ0n) is 10.6. The van der Waals surface area contributed by atoms with E-state index in [0.29, 0.717) is 12.3 Å². The maximum atomic E-state index is 11.7. The number of nitrogens with zero attached hydrogens (tertiary/aromatic N) is 1. The molecular weight excluding hydrogens is 228 g/mol. The van der Waals surface area contributed by atoms with Gasteiger partial charge in [-0.1, -0.05) is 26.2 Å². The Morgan fingerprint density at radius 1 is 1.50 bits per heavy atom. The fraction of sp³-hybridized carbons (Fsp3) is 0.429. The number of nitriles is 1. The Morgan fingerprint density at radius 2 is 2.33 bits per heavy atom. The van der Waals surface area contributed by atoms with Gasteiger partial charge in [-0.05, 0) is 18.6 Å². The second-order valence-corrected chi connectivity index (χ2v) is 4.00. The molecule has 4 nitrogen and oxygen atoms in total. The summed E-state index contributed by atoms with van der Waals surface area (Å²) < 4.78 is 5.07. The Bertz CT molecular complexity index is 427. The van der Waals surface area contributed by atoms with Crippen molar-refractivity contribution in [3.05, 3.63) is 29.7 Å². The molecule has 0 aliphatic carbocycles. The van der Waals surface area contributed by atoms with Crippen LogP contribution in [0.15, 0.2) is 28.4 Å². The van der Waals surface area contributed by atoms with E-state index in [0.717, 1.165) is 19.3 Å². The van der Waals surface area contributed by atoms with Crippen molar-refractivity contribution in [3.63, 3.8) is 0 Å². The number of hydrogen-bond donors (Lipinski definition) is 1. The lowest BCUT2D eigenvalue weighted by molar-refractivity contribution is -0.117. The largest absolute Gasteiger partial charge is 0.465 e. The van der Waals surface area contributed by atoms with Gasteiger partial charge in [0.1, 0.15) is 17.4 Å². The Balaban J connectivity index is 2.42. The van der Waals surface area contributed by atoms with Crippen LogP contribution in [0.3, 0.4) is 0 Å². The summed E-state index contributed by atoms with van der Waals surface area (Å²) in [6, 6.07) is 5.29. The fourth-order valence-corrected chi connectivity index (χ4v) is 1.51. The molecule has 0 spiro atoms. The zero-order valence-corrected chi connectivity index (χ0v) is 10.6. The van der Waals surface area contributed by atoms with E-state index < -0.39 is 0 Å². The van der Waals surface area contributed by atoms with Crippen molar-refractivity contribution in [1.82, 2.24) is 5.32 Å². The van der Waals surface area contributed by atoms with E-state index >= 15 is 0 Å². The fourth-order valence-electron chi connectivity index (χ4n) is 1.51. The first-order valence-electron chi connectivity index (χ1n) is 6.21. The van der Waals surface area contributed by atoms with Crippen molar-refractivity contribution < 1.29 is 9.21 Å². The van der Waals surface area contributed by atoms with Gasteiger partial charge in [0.05, 0.1) is 6.26 Å². The van der Waals surface area contributed by atoms with Crippen molar-refractivity contribution in [2.75, 3.05) is 6.54 Å². The van der Waals surface area contributed by atoms with E-state index in [4.69, 9.17) is 9.68 Å². The summed E-state index contributed by atoms with van der Waals surface area (Å²) in [4.78, 5) is 11.7. The number of carbonyl (C=O) groups is 1. The van der Waals surface area contributed by atoms with Gasteiger partial charge in [-0.2, -0.15) is 5.26 Å². The molecule has 0 unspecified atom stereocenters. The lowest BCUT2D eigenvalue weighted by atomic mass is 10.2. The predicted molar refractivity (Wildman–Crippen MR) is 69.4 cm³/mol. The van der Waals surface area contributed by atoms with Gasteiger partial charge >= 0.3 is 0 Å². The first-order chi connectivity index (χ1) is 8.77. The van der Waals surface area contributed by atoms with Gasteiger partial charge in [-0.3, -0.25) is 4.79 Å². The standard InChI is InChI=1S/C14H18N2O2/c1-2-3-4-5-8-16-14(17)12(11-15)10-13-7-6-9-18-13/h6-7,9-10H,2-5,8H2,1H3,(H,16,17)/b12-10+. The van der Waals surface area contributed by atoms with E-state index in [1.54, 1.807) is 12.1 Å². The molecule has 0 saturated carbocycles. The molecule has 0 aliphatic rings. The van der Waals surface area contributed by atoms with E-state index in [1.165, 1.54) is 18.8 Å². The summed E-state index contributed by atoms with van der Waals surface area (Å²) >= 11 is 0. The molecule has 0 fully saturated rings. The normalized spacial score (nSPS) is 11.0. The minimum absolute atomic E-state index is 0.0699. The lowest BCUT2D eigenvalue weighted by Gasteiger charge is -2.03.